The summed E-state index contributed by atoms with van der Waals surface area (Å²) >= 11 is 0. The maximum absolute atomic E-state index is 5.94. The molecule has 1 rings (SSSR count). The quantitative estimate of drug-likeness (QED) is 0.667. The molecule has 1 aromatic rings. The van der Waals surface area contributed by atoms with Crippen LogP contribution in [0.25, 0.3) is 0 Å². The number of nitrogens with one attached hydrogen (secondary N) is 1. The second-order valence-electron chi connectivity index (χ2n) is 4.49. The van der Waals surface area contributed by atoms with Crippen LogP contribution in [-0.4, -0.2) is 35.8 Å². The van der Waals surface area contributed by atoms with Gasteiger partial charge in [0.25, 0.3) is 0 Å². The Bertz CT molecular complexity index is 372. The third-order valence-corrected chi connectivity index (χ3v) is 2.36. The predicted octanol–water partition coefficient (Wildman–Crippen LogP) is 2.07. The van der Waals surface area contributed by atoms with Gasteiger partial charge in [0.15, 0.2) is 5.82 Å². The number of hydrogen-bond acceptors (Lipinski definition) is 6. The molecule has 0 atom stereocenters. The molecule has 0 aliphatic rings. The summed E-state index contributed by atoms with van der Waals surface area (Å²) in [6, 6.07) is 0. The molecule has 0 spiro atoms. The summed E-state index contributed by atoms with van der Waals surface area (Å²) in [5, 5.41) is 3.17. The van der Waals surface area contributed by atoms with Gasteiger partial charge in [0.05, 0.1) is 12.7 Å². The van der Waals surface area contributed by atoms with Crippen molar-refractivity contribution < 1.29 is 9.47 Å². The monoisotopic (exact) mass is 268 g/mol. The minimum atomic E-state index is 0.262. The maximum Gasteiger partial charge on any atom is 0.242 e. The number of rotatable bonds is 9. The van der Waals surface area contributed by atoms with Crippen LogP contribution in [0.4, 0.5) is 11.5 Å². The van der Waals surface area contributed by atoms with Gasteiger partial charge in [0.1, 0.15) is 12.0 Å². The predicted molar refractivity (Wildman–Crippen MR) is 76.4 cm³/mol. The van der Waals surface area contributed by atoms with E-state index in [4.69, 9.17) is 15.2 Å². The van der Waals surface area contributed by atoms with Crippen molar-refractivity contribution in [1.82, 2.24) is 9.97 Å². The molecule has 108 valence electrons. The van der Waals surface area contributed by atoms with E-state index in [1.807, 2.05) is 20.8 Å². The highest BCUT2D eigenvalue weighted by Crippen LogP contribution is 2.24. The van der Waals surface area contributed by atoms with Crippen LogP contribution in [0.1, 0.15) is 33.6 Å². The summed E-state index contributed by atoms with van der Waals surface area (Å²) in [5.74, 6) is 1.06. The summed E-state index contributed by atoms with van der Waals surface area (Å²) in [6.45, 7) is 8.14. The van der Waals surface area contributed by atoms with Gasteiger partial charge in [0, 0.05) is 13.2 Å². The largest absolute Gasteiger partial charge is 0.476 e. The Kier molecular flexibility index (Phi) is 6.95. The van der Waals surface area contributed by atoms with Crippen LogP contribution < -0.4 is 15.8 Å². The van der Waals surface area contributed by atoms with Crippen molar-refractivity contribution in [3.63, 3.8) is 0 Å². The molecule has 0 fully saturated rings. The van der Waals surface area contributed by atoms with Crippen molar-refractivity contribution in [1.29, 1.82) is 0 Å². The van der Waals surface area contributed by atoms with Gasteiger partial charge in [-0.2, -0.15) is 4.98 Å². The molecule has 1 heterocycles. The standard InChI is InChI=1S/C13H24N4O2/c1-4-7-19-13-11(14)12(16-9-17-13)15-6-5-8-18-10(2)3/h9-10H,4-8,14H2,1-3H3,(H,15,16,17). The average molecular weight is 268 g/mol. The lowest BCUT2D eigenvalue weighted by molar-refractivity contribution is 0.0787. The lowest BCUT2D eigenvalue weighted by atomic mass is 10.4. The van der Waals surface area contributed by atoms with E-state index < -0.39 is 0 Å². The molecule has 0 saturated heterocycles. The summed E-state index contributed by atoms with van der Waals surface area (Å²) < 4.78 is 10.9. The average Bonchev–Trinajstić information content (AvgIpc) is 2.38. The first-order valence-electron chi connectivity index (χ1n) is 6.73. The van der Waals surface area contributed by atoms with E-state index in [1.165, 1.54) is 6.33 Å². The summed E-state index contributed by atoms with van der Waals surface area (Å²) in [4.78, 5) is 8.13. The van der Waals surface area contributed by atoms with Crippen LogP contribution >= 0.6 is 0 Å². The Balaban J connectivity index is 2.40. The molecule has 0 aromatic carbocycles. The minimum Gasteiger partial charge on any atom is -0.476 e. The maximum atomic E-state index is 5.94. The van der Waals surface area contributed by atoms with Crippen LogP contribution in [0.15, 0.2) is 6.33 Å². The molecule has 0 amide bonds. The number of ether oxygens (including phenoxy) is 2. The number of anilines is 2. The van der Waals surface area contributed by atoms with E-state index in [2.05, 4.69) is 15.3 Å². The van der Waals surface area contributed by atoms with E-state index >= 15 is 0 Å². The molecule has 1 aromatic heterocycles. The Labute approximate surface area is 114 Å². The van der Waals surface area contributed by atoms with E-state index in [9.17, 15) is 0 Å². The lowest BCUT2D eigenvalue weighted by Gasteiger charge is -2.12. The first kappa shape index (κ1) is 15.5. The zero-order chi connectivity index (χ0) is 14.1. The smallest absolute Gasteiger partial charge is 0.242 e. The molecule has 3 N–H and O–H groups in total. The molecule has 6 heteroatoms. The van der Waals surface area contributed by atoms with Crippen molar-refractivity contribution >= 4 is 11.5 Å². The molecule has 0 aliphatic carbocycles. The fraction of sp³-hybridized carbons (Fsp3) is 0.692. The fourth-order valence-electron chi connectivity index (χ4n) is 1.43. The van der Waals surface area contributed by atoms with Crippen LogP contribution in [0, 0.1) is 0 Å². The molecule has 19 heavy (non-hydrogen) atoms. The first-order chi connectivity index (χ1) is 9.15. The van der Waals surface area contributed by atoms with E-state index in [0.29, 0.717) is 24.0 Å². The SMILES string of the molecule is CCCOc1ncnc(NCCCOC(C)C)c1N. The fourth-order valence-corrected chi connectivity index (χ4v) is 1.43. The van der Waals surface area contributed by atoms with Gasteiger partial charge in [-0.3, -0.25) is 0 Å². The molecular weight excluding hydrogens is 244 g/mol. The molecule has 0 bridgehead atoms. The van der Waals surface area contributed by atoms with Crippen molar-refractivity contribution in [3.8, 4) is 5.88 Å². The van der Waals surface area contributed by atoms with Crippen LogP contribution in [-0.2, 0) is 4.74 Å². The second kappa shape index (κ2) is 8.53. The van der Waals surface area contributed by atoms with Gasteiger partial charge in [-0.15, -0.1) is 0 Å². The second-order valence-corrected chi connectivity index (χ2v) is 4.49. The highest BCUT2D eigenvalue weighted by molar-refractivity contribution is 5.66. The van der Waals surface area contributed by atoms with E-state index in [1.54, 1.807) is 0 Å². The normalized spacial score (nSPS) is 10.7. The molecule has 0 aliphatic heterocycles. The number of nitrogens with two attached hydrogens (primary N) is 1. The Morgan fingerprint density at radius 3 is 2.79 bits per heavy atom. The van der Waals surface area contributed by atoms with Gasteiger partial charge in [-0.25, -0.2) is 4.98 Å². The van der Waals surface area contributed by atoms with E-state index in [-0.39, 0.29) is 6.10 Å². The Morgan fingerprint density at radius 2 is 2.11 bits per heavy atom. The minimum absolute atomic E-state index is 0.262. The Morgan fingerprint density at radius 1 is 1.32 bits per heavy atom. The lowest BCUT2D eigenvalue weighted by Crippen LogP contribution is -2.12. The molecule has 0 unspecified atom stereocenters. The van der Waals surface area contributed by atoms with Crippen molar-refractivity contribution in [2.24, 2.45) is 0 Å². The van der Waals surface area contributed by atoms with Crippen molar-refractivity contribution in [2.75, 3.05) is 30.8 Å². The Hall–Kier alpha value is -1.56. The molecular formula is C13H24N4O2. The highest BCUT2D eigenvalue weighted by Gasteiger charge is 2.08. The van der Waals surface area contributed by atoms with Crippen molar-refractivity contribution in [2.45, 2.75) is 39.7 Å². The first-order valence-corrected chi connectivity index (χ1v) is 6.73. The molecule has 0 saturated carbocycles. The number of aromatic nitrogens is 2. The van der Waals surface area contributed by atoms with Crippen LogP contribution in [0.2, 0.25) is 0 Å². The van der Waals surface area contributed by atoms with Gasteiger partial charge >= 0.3 is 0 Å². The summed E-state index contributed by atoms with van der Waals surface area (Å²) in [7, 11) is 0. The van der Waals surface area contributed by atoms with Crippen LogP contribution in [0.3, 0.4) is 0 Å². The molecule has 6 nitrogen and oxygen atoms in total. The van der Waals surface area contributed by atoms with Gasteiger partial charge in [-0.1, -0.05) is 6.92 Å². The van der Waals surface area contributed by atoms with Crippen LogP contribution in [0.5, 0.6) is 5.88 Å². The number of nitrogens with zero attached hydrogens (tertiary/aromatic N) is 2. The zero-order valence-corrected chi connectivity index (χ0v) is 12.0. The van der Waals surface area contributed by atoms with Crippen molar-refractivity contribution in [3.05, 3.63) is 6.33 Å². The topological polar surface area (TPSA) is 82.3 Å². The summed E-state index contributed by atoms with van der Waals surface area (Å²) in [6.07, 6.45) is 3.53. The summed E-state index contributed by atoms with van der Waals surface area (Å²) in [5.41, 5.74) is 6.40. The number of hydrogen-bond donors (Lipinski definition) is 2. The van der Waals surface area contributed by atoms with Gasteiger partial charge in [0.2, 0.25) is 5.88 Å². The van der Waals surface area contributed by atoms with E-state index in [0.717, 1.165) is 26.0 Å². The third kappa shape index (κ3) is 5.74. The number of nitrogen functional groups attached to an aromatic ring is 1. The molecule has 0 radical (unpaired) electrons. The zero-order valence-electron chi connectivity index (χ0n) is 12.0. The van der Waals surface area contributed by atoms with Gasteiger partial charge < -0.3 is 20.5 Å². The highest BCUT2D eigenvalue weighted by atomic mass is 16.5. The third-order valence-electron chi connectivity index (χ3n) is 2.36. The van der Waals surface area contributed by atoms with Gasteiger partial charge in [-0.05, 0) is 26.7 Å².